The Labute approximate surface area is 145 Å². The maximum atomic E-state index is 12.8. The standard InChI is InChI=1S/C19H31FN2O2/c1-19(2,3)8-9-21-10-12-22(13-11-21)14-17(23)15-24-18-6-4-16(20)5-7-18/h4-7,17,23H,8-15H2,1-3H3. The summed E-state index contributed by atoms with van der Waals surface area (Å²) in [5, 5.41) is 10.1. The Morgan fingerprint density at radius 1 is 1.08 bits per heavy atom. The van der Waals surface area contributed by atoms with Crippen LogP contribution in [0.25, 0.3) is 0 Å². The average Bonchev–Trinajstić information content (AvgIpc) is 2.53. The molecule has 24 heavy (non-hydrogen) atoms. The monoisotopic (exact) mass is 338 g/mol. The van der Waals surface area contributed by atoms with Crippen LogP contribution >= 0.6 is 0 Å². The Hall–Kier alpha value is -1.17. The zero-order chi connectivity index (χ0) is 17.6. The molecule has 0 radical (unpaired) electrons. The minimum Gasteiger partial charge on any atom is -0.491 e. The van der Waals surface area contributed by atoms with Gasteiger partial charge in [-0.25, -0.2) is 4.39 Å². The van der Waals surface area contributed by atoms with Gasteiger partial charge in [-0.15, -0.1) is 0 Å². The second-order valence-electron chi connectivity index (χ2n) is 7.87. The maximum Gasteiger partial charge on any atom is 0.123 e. The van der Waals surface area contributed by atoms with Crippen LogP contribution in [-0.4, -0.2) is 66.9 Å². The second kappa shape index (κ2) is 8.79. The van der Waals surface area contributed by atoms with E-state index in [9.17, 15) is 9.50 Å². The number of halogens is 1. The third-order valence-corrected chi connectivity index (χ3v) is 4.37. The van der Waals surface area contributed by atoms with E-state index in [1.54, 1.807) is 12.1 Å². The highest BCUT2D eigenvalue weighted by Gasteiger charge is 2.21. The summed E-state index contributed by atoms with van der Waals surface area (Å²) in [5.41, 5.74) is 0.380. The number of ether oxygens (including phenoxy) is 1. The molecule has 136 valence electrons. The molecule has 1 aliphatic heterocycles. The number of β-amino-alcohol motifs (C(OH)–C–C–N with tert-alkyl or cyclic N) is 1. The lowest BCUT2D eigenvalue weighted by molar-refractivity contribution is 0.0442. The van der Waals surface area contributed by atoms with Crippen molar-refractivity contribution in [2.24, 2.45) is 5.41 Å². The van der Waals surface area contributed by atoms with Gasteiger partial charge < -0.3 is 14.7 Å². The summed E-state index contributed by atoms with van der Waals surface area (Å²) in [6, 6.07) is 5.88. The lowest BCUT2D eigenvalue weighted by Gasteiger charge is -2.36. The molecule has 0 amide bonds. The van der Waals surface area contributed by atoms with Gasteiger partial charge in [0.15, 0.2) is 0 Å². The zero-order valence-corrected chi connectivity index (χ0v) is 15.2. The van der Waals surface area contributed by atoms with Crippen molar-refractivity contribution in [2.45, 2.75) is 33.3 Å². The SMILES string of the molecule is CC(C)(C)CCN1CCN(CC(O)COc2ccc(F)cc2)CC1. The Kier molecular flexibility index (Phi) is 7.02. The highest BCUT2D eigenvalue weighted by Crippen LogP contribution is 2.19. The molecule has 0 aromatic heterocycles. The first kappa shape index (κ1) is 19.2. The van der Waals surface area contributed by atoms with Crippen LogP contribution in [0, 0.1) is 11.2 Å². The van der Waals surface area contributed by atoms with E-state index in [2.05, 4.69) is 30.6 Å². The Morgan fingerprint density at radius 2 is 1.67 bits per heavy atom. The molecule has 1 aromatic rings. The average molecular weight is 338 g/mol. The number of hydrogen-bond donors (Lipinski definition) is 1. The Morgan fingerprint density at radius 3 is 2.25 bits per heavy atom. The van der Waals surface area contributed by atoms with Crippen LogP contribution < -0.4 is 4.74 Å². The Balaban J connectivity index is 1.63. The fourth-order valence-corrected chi connectivity index (χ4v) is 2.76. The molecular weight excluding hydrogens is 307 g/mol. The summed E-state index contributed by atoms with van der Waals surface area (Å²) in [6.07, 6.45) is 0.678. The molecule has 1 unspecified atom stereocenters. The first-order valence-corrected chi connectivity index (χ1v) is 8.83. The van der Waals surface area contributed by atoms with Crippen LogP contribution in [0.2, 0.25) is 0 Å². The van der Waals surface area contributed by atoms with E-state index >= 15 is 0 Å². The highest BCUT2D eigenvalue weighted by molar-refractivity contribution is 5.22. The van der Waals surface area contributed by atoms with Crippen LogP contribution in [0.1, 0.15) is 27.2 Å². The topological polar surface area (TPSA) is 35.9 Å². The van der Waals surface area contributed by atoms with Gasteiger partial charge in [-0.2, -0.15) is 0 Å². The van der Waals surface area contributed by atoms with E-state index < -0.39 is 6.10 Å². The molecule has 1 fully saturated rings. The minimum absolute atomic E-state index is 0.232. The lowest BCUT2D eigenvalue weighted by Crippen LogP contribution is -2.49. The highest BCUT2D eigenvalue weighted by atomic mass is 19.1. The molecule has 0 saturated carbocycles. The molecule has 5 heteroatoms. The van der Waals surface area contributed by atoms with Crippen molar-refractivity contribution in [2.75, 3.05) is 45.9 Å². The van der Waals surface area contributed by atoms with Crippen LogP contribution in [-0.2, 0) is 0 Å². The molecule has 0 bridgehead atoms. The molecule has 0 spiro atoms. The molecule has 1 heterocycles. The molecule has 2 rings (SSSR count). The van der Waals surface area contributed by atoms with Crippen LogP contribution in [0.3, 0.4) is 0 Å². The summed E-state index contributed by atoms with van der Waals surface area (Å²) < 4.78 is 18.3. The van der Waals surface area contributed by atoms with Gasteiger partial charge in [0.2, 0.25) is 0 Å². The summed E-state index contributed by atoms with van der Waals surface area (Å²) in [4.78, 5) is 4.79. The van der Waals surface area contributed by atoms with Gasteiger partial charge in [-0.3, -0.25) is 4.90 Å². The molecule has 4 nitrogen and oxygen atoms in total. The molecule has 0 aliphatic carbocycles. The number of nitrogens with zero attached hydrogens (tertiary/aromatic N) is 2. The van der Waals surface area contributed by atoms with Crippen molar-refractivity contribution in [3.63, 3.8) is 0 Å². The predicted octanol–water partition coefficient (Wildman–Crippen LogP) is 2.62. The van der Waals surface area contributed by atoms with Crippen molar-refractivity contribution in [1.82, 2.24) is 9.80 Å². The molecule has 1 N–H and O–H groups in total. The maximum absolute atomic E-state index is 12.8. The lowest BCUT2D eigenvalue weighted by atomic mass is 9.92. The van der Waals surface area contributed by atoms with Crippen molar-refractivity contribution in [1.29, 1.82) is 0 Å². The van der Waals surface area contributed by atoms with Gasteiger partial charge in [0.05, 0.1) is 0 Å². The largest absolute Gasteiger partial charge is 0.491 e. The minimum atomic E-state index is -0.531. The number of aliphatic hydroxyl groups excluding tert-OH is 1. The number of piperazine rings is 1. The van der Waals surface area contributed by atoms with Crippen molar-refractivity contribution in [3.05, 3.63) is 30.1 Å². The zero-order valence-electron chi connectivity index (χ0n) is 15.2. The Bertz CT molecular complexity index is 479. The third kappa shape index (κ3) is 7.16. The van der Waals surface area contributed by atoms with Gasteiger partial charge in [-0.1, -0.05) is 20.8 Å². The summed E-state index contributed by atoms with van der Waals surface area (Å²) in [7, 11) is 0. The van der Waals surface area contributed by atoms with Gasteiger partial charge >= 0.3 is 0 Å². The van der Waals surface area contributed by atoms with E-state index in [4.69, 9.17) is 4.74 Å². The van der Waals surface area contributed by atoms with E-state index in [-0.39, 0.29) is 12.4 Å². The molecule has 1 aromatic carbocycles. The van der Waals surface area contributed by atoms with Crippen LogP contribution in [0.15, 0.2) is 24.3 Å². The number of hydrogen-bond acceptors (Lipinski definition) is 4. The fourth-order valence-electron chi connectivity index (χ4n) is 2.76. The van der Waals surface area contributed by atoms with Gasteiger partial charge in [0.1, 0.15) is 24.3 Å². The number of rotatable bonds is 7. The van der Waals surface area contributed by atoms with E-state index in [0.717, 1.165) is 32.7 Å². The van der Waals surface area contributed by atoms with Crippen LogP contribution in [0.5, 0.6) is 5.75 Å². The summed E-state index contributed by atoms with van der Waals surface area (Å²) in [6.45, 7) is 12.9. The van der Waals surface area contributed by atoms with Crippen LogP contribution in [0.4, 0.5) is 4.39 Å². The van der Waals surface area contributed by atoms with Gasteiger partial charge in [-0.05, 0) is 42.6 Å². The number of aliphatic hydroxyl groups is 1. The normalized spacial score (nSPS) is 18.5. The fraction of sp³-hybridized carbons (Fsp3) is 0.684. The smallest absolute Gasteiger partial charge is 0.123 e. The van der Waals surface area contributed by atoms with Crippen molar-refractivity contribution in [3.8, 4) is 5.75 Å². The molecule has 1 atom stereocenters. The summed E-state index contributed by atoms with van der Waals surface area (Å²) >= 11 is 0. The molecule has 1 saturated heterocycles. The molecular formula is C19H31FN2O2. The quantitative estimate of drug-likeness (QED) is 0.829. The van der Waals surface area contributed by atoms with Crippen molar-refractivity contribution < 1.29 is 14.2 Å². The predicted molar refractivity (Wildman–Crippen MR) is 94.9 cm³/mol. The third-order valence-electron chi connectivity index (χ3n) is 4.37. The molecule has 1 aliphatic rings. The van der Waals surface area contributed by atoms with E-state index in [1.807, 2.05) is 0 Å². The van der Waals surface area contributed by atoms with E-state index in [0.29, 0.717) is 17.7 Å². The van der Waals surface area contributed by atoms with E-state index in [1.165, 1.54) is 18.6 Å². The van der Waals surface area contributed by atoms with Gasteiger partial charge in [0, 0.05) is 32.7 Å². The first-order valence-electron chi connectivity index (χ1n) is 8.83. The second-order valence-corrected chi connectivity index (χ2v) is 7.87. The van der Waals surface area contributed by atoms with Crippen molar-refractivity contribution >= 4 is 0 Å². The number of benzene rings is 1. The summed E-state index contributed by atoms with van der Waals surface area (Å²) in [5.74, 6) is 0.301. The van der Waals surface area contributed by atoms with Gasteiger partial charge in [0.25, 0.3) is 0 Å². The first-order chi connectivity index (χ1) is 11.3.